The molecule has 112 valence electrons. The Morgan fingerprint density at radius 1 is 1.27 bits per heavy atom. The van der Waals surface area contributed by atoms with E-state index in [-0.39, 0.29) is 5.82 Å². The molecule has 22 heavy (non-hydrogen) atoms. The van der Waals surface area contributed by atoms with Gasteiger partial charge in [0.05, 0.1) is 11.4 Å². The summed E-state index contributed by atoms with van der Waals surface area (Å²) in [5.41, 5.74) is 1.75. The fourth-order valence-electron chi connectivity index (χ4n) is 1.77. The van der Waals surface area contributed by atoms with Gasteiger partial charge in [-0.25, -0.2) is 9.37 Å². The summed E-state index contributed by atoms with van der Waals surface area (Å²) in [7, 11) is 0. The van der Waals surface area contributed by atoms with Crippen LogP contribution >= 0.6 is 11.8 Å². The Balaban J connectivity index is 1.59. The van der Waals surface area contributed by atoms with Crippen LogP contribution in [-0.2, 0) is 5.75 Å². The van der Waals surface area contributed by atoms with Gasteiger partial charge in [-0.2, -0.15) is 0 Å². The van der Waals surface area contributed by atoms with Gasteiger partial charge in [0.2, 0.25) is 5.16 Å². The van der Waals surface area contributed by atoms with Crippen LogP contribution in [0.1, 0.15) is 22.8 Å². The van der Waals surface area contributed by atoms with Crippen molar-refractivity contribution in [2.24, 2.45) is 0 Å². The normalized spacial score (nSPS) is 11.4. The van der Waals surface area contributed by atoms with Gasteiger partial charge in [-0.3, -0.25) is 5.10 Å². The molecule has 0 unspecified atom stereocenters. The van der Waals surface area contributed by atoms with Crippen molar-refractivity contribution in [2.75, 3.05) is 0 Å². The van der Waals surface area contributed by atoms with Crippen molar-refractivity contribution in [1.82, 2.24) is 20.3 Å². The van der Waals surface area contributed by atoms with Crippen LogP contribution in [-0.4, -0.2) is 20.3 Å². The largest absolute Gasteiger partial charge is 0.360 e. The van der Waals surface area contributed by atoms with Crippen LogP contribution in [0.25, 0.3) is 12.2 Å². The van der Waals surface area contributed by atoms with E-state index in [1.807, 2.05) is 19.1 Å². The molecule has 0 aliphatic rings. The third-order valence-corrected chi connectivity index (χ3v) is 3.68. The number of hydrogen-bond acceptors (Lipinski definition) is 5. The molecule has 1 aromatic carbocycles. The van der Waals surface area contributed by atoms with Crippen LogP contribution < -0.4 is 0 Å². The summed E-state index contributed by atoms with van der Waals surface area (Å²) in [5.74, 6) is 1.80. The maximum Gasteiger partial charge on any atom is 0.209 e. The van der Waals surface area contributed by atoms with Crippen molar-refractivity contribution >= 4 is 23.9 Å². The van der Waals surface area contributed by atoms with Gasteiger partial charge in [0.25, 0.3) is 0 Å². The molecule has 3 aromatic rings. The van der Waals surface area contributed by atoms with E-state index >= 15 is 0 Å². The lowest BCUT2D eigenvalue weighted by molar-refractivity contribution is 0.391. The highest BCUT2D eigenvalue weighted by atomic mass is 32.2. The Morgan fingerprint density at radius 2 is 2.09 bits per heavy atom. The first-order valence-corrected chi connectivity index (χ1v) is 7.59. The van der Waals surface area contributed by atoms with E-state index in [4.69, 9.17) is 4.52 Å². The van der Waals surface area contributed by atoms with Crippen LogP contribution in [0.5, 0.6) is 0 Å². The molecule has 3 rings (SSSR count). The molecule has 0 radical (unpaired) electrons. The molecule has 0 aliphatic carbocycles. The predicted octanol–water partition coefficient (Wildman–Crippen LogP) is 3.70. The lowest BCUT2D eigenvalue weighted by atomic mass is 10.2. The number of nitrogens with zero attached hydrogens (tertiary/aromatic N) is 3. The Labute approximate surface area is 130 Å². The van der Waals surface area contributed by atoms with Crippen molar-refractivity contribution < 1.29 is 8.91 Å². The topological polar surface area (TPSA) is 67.6 Å². The van der Waals surface area contributed by atoms with Gasteiger partial charge in [-0.1, -0.05) is 35.1 Å². The zero-order chi connectivity index (χ0) is 15.4. The van der Waals surface area contributed by atoms with E-state index in [0.717, 1.165) is 17.0 Å². The molecular weight excluding hydrogens is 303 g/mol. The molecule has 0 fully saturated rings. The minimum atomic E-state index is -0.252. The van der Waals surface area contributed by atoms with Crippen LogP contribution in [0.3, 0.4) is 0 Å². The smallest absolute Gasteiger partial charge is 0.209 e. The molecule has 1 N–H and O–H groups in total. The first-order chi connectivity index (χ1) is 10.7. The second kappa shape index (κ2) is 6.57. The maximum atomic E-state index is 12.8. The lowest BCUT2D eigenvalue weighted by Gasteiger charge is -1.91. The third kappa shape index (κ3) is 3.82. The van der Waals surface area contributed by atoms with E-state index in [0.29, 0.717) is 16.7 Å². The van der Waals surface area contributed by atoms with Crippen molar-refractivity contribution in [3.05, 3.63) is 59.0 Å². The number of halogens is 1. The summed E-state index contributed by atoms with van der Waals surface area (Å²) >= 11 is 1.46. The van der Waals surface area contributed by atoms with Crippen LogP contribution in [0.4, 0.5) is 4.39 Å². The summed E-state index contributed by atoms with van der Waals surface area (Å²) < 4.78 is 17.9. The van der Waals surface area contributed by atoms with Gasteiger partial charge < -0.3 is 4.52 Å². The first-order valence-electron chi connectivity index (χ1n) is 6.60. The Kier molecular flexibility index (Phi) is 4.34. The summed E-state index contributed by atoms with van der Waals surface area (Å²) in [6.45, 7) is 1.88. The van der Waals surface area contributed by atoms with Crippen molar-refractivity contribution in [3.63, 3.8) is 0 Å². The standard InChI is InChI=1S/C15H13FN4OS/c1-10-8-13(21-20-10)9-22-15-17-14(18-19-15)7-4-11-2-5-12(16)6-3-11/h2-8H,9H2,1H3,(H,17,18,19)/b7-4+. The van der Waals surface area contributed by atoms with E-state index < -0.39 is 0 Å². The quantitative estimate of drug-likeness (QED) is 0.727. The maximum absolute atomic E-state index is 12.8. The number of thioether (sulfide) groups is 1. The summed E-state index contributed by atoms with van der Waals surface area (Å²) in [6, 6.07) is 8.12. The Hall–Kier alpha value is -2.41. The van der Waals surface area contributed by atoms with E-state index in [1.54, 1.807) is 18.2 Å². The molecule has 0 spiro atoms. The molecular formula is C15H13FN4OS. The first kappa shape index (κ1) is 14.5. The minimum absolute atomic E-state index is 0.252. The Morgan fingerprint density at radius 3 is 2.82 bits per heavy atom. The summed E-state index contributed by atoms with van der Waals surface area (Å²) in [5, 5.41) is 11.4. The van der Waals surface area contributed by atoms with Gasteiger partial charge in [-0.05, 0) is 30.7 Å². The molecule has 2 heterocycles. The molecule has 0 amide bonds. The number of aromatic amines is 1. The fraction of sp³-hybridized carbons (Fsp3) is 0.133. The van der Waals surface area contributed by atoms with Crippen molar-refractivity contribution in [2.45, 2.75) is 17.8 Å². The highest BCUT2D eigenvalue weighted by Crippen LogP contribution is 2.19. The van der Waals surface area contributed by atoms with Crippen LogP contribution in [0.2, 0.25) is 0 Å². The number of aryl methyl sites for hydroxylation is 1. The molecule has 0 saturated heterocycles. The zero-order valence-corrected chi connectivity index (χ0v) is 12.6. The van der Waals surface area contributed by atoms with Gasteiger partial charge in [0.1, 0.15) is 17.4 Å². The van der Waals surface area contributed by atoms with Crippen LogP contribution in [0, 0.1) is 12.7 Å². The monoisotopic (exact) mass is 316 g/mol. The summed E-state index contributed by atoms with van der Waals surface area (Å²) in [6.07, 6.45) is 3.64. The van der Waals surface area contributed by atoms with E-state index in [1.165, 1.54) is 23.9 Å². The Bertz CT molecular complexity index is 779. The zero-order valence-electron chi connectivity index (χ0n) is 11.8. The molecule has 0 saturated carbocycles. The second-order valence-electron chi connectivity index (χ2n) is 4.61. The minimum Gasteiger partial charge on any atom is -0.360 e. The van der Waals surface area contributed by atoms with Crippen molar-refractivity contribution in [3.8, 4) is 0 Å². The average molecular weight is 316 g/mol. The molecule has 2 aromatic heterocycles. The highest BCUT2D eigenvalue weighted by Gasteiger charge is 2.05. The third-order valence-electron chi connectivity index (χ3n) is 2.81. The number of benzene rings is 1. The molecule has 0 atom stereocenters. The summed E-state index contributed by atoms with van der Waals surface area (Å²) in [4.78, 5) is 4.34. The highest BCUT2D eigenvalue weighted by molar-refractivity contribution is 7.98. The predicted molar refractivity (Wildman–Crippen MR) is 82.5 cm³/mol. The second-order valence-corrected chi connectivity index (χ2v) is 5.55. The SMILES string of the molecule is Cc1cc(CSc2n[nH]c(/C=C/c3ccc(F)cc3)n2)on1. The van der Waals surface area contributed by atoms with Gasteiger partial charge in [-0.15, -0.1) is 5.10 Å². The molecule has 7 heteroatoms. The number of H-pyrrole nitrogens is 1. The molecule has 0 bridgehead atoms. The number of nitrogens with one attached hydrogen (secondary N) is 1. The molecule has 5 nitrogen and oxygen atoms in total. The van der Waals surface area contributed by atoms with Gasteiger partial charge >= 0.3 is 0 Å². The molecule has 0 aliphatic heterocycles. The number of aromatic nitrogens is 4. The fourth-order valence-corrected chi connectivity index (χ4v) is 2.45. The van der Waals surface area contributed by atoms with Gasteiger partial charge in [0.15, 0.2) is 0 Å². The van der Waals surface area contributed by atoms with Gasteiger partial charge in [0, 0.05) is 6.07 Å². The average Bonchev–Trinajstić information content (AvgIpc) is 3.13. The lowest BCUT2D eigenvalue weighted by Crippen LogP contribution is -1.79. The number of hydrogen-bond donors (Lipinski definition) is 1. The van der Waals surface area contributed by atoms with E-state index in [9.17, 15) is 4.39 Å². The number of rotatable bonds is 5. The van der Waals surface area contributed by atoms with E-state index in [2.05, 4.69) is 20.3 Å². The van der Waals surface area contributed by atoms with Crippen LogP contribution in [0.15, 0.2) is 40.0 Å². The van der Waals surface area contributed by atoms with Crippen molar-refractivity contribution in [1.29, 1.82) is 0 Å².